The van der Waals surface area contributed by atoms with E-state index in [9.17, 15) is 4.79 Å². The summed E-state index contributed by atoms with van der Waals surface area (Å²) in [4.78, 5) is 16.9. The number of imidazole rings is 1. The molecular formula is C19H23N3O2S. The molecule has 0 atom stereocenters. The van der Waals surface area contributed by atoms with Gasteiger partial charge in [0.2, 0.25) is 4.96 Å². The Bertz CT molecular complexity index is 873. The first-order valence-corrected chi connectivity index (χ1v) is 9.23. The van der Waals surface area contributed by atoms with Crippen molar-refractivity contribution in [3.05, 3.63) is 46.2 Å². The van der Waals surface area contributed by atoms with Crippen molar-refractivity contribution in [2.75, 3.05) is 6.61 Å². The number of nitrogens with zero attached hydrogens (tertiary/aromatic N) is 3. The van der Waals surface area contributed by atoms with E-state index in [2.05, 4.69) is 37.8 Å². The monoisotopic (exact) mass is 357 g/mol. The molecule has 132 valence electrons. The van der Waals surface area contributed by atoms with Crippen LogP contribution in [0.15, 0.2) is 24.3 Å². The van der Waals surface area contributed by atoms with Crippen LogP contribution in [0.25, 0.3) is 4.96 Å². The standard InChI is InChI=1S/C19H23N3O2S/c1-13-7-9-14(10-8-13)24-11-5-6-16-21-22-15(12-23)17(19(2,3)4)20-18(22)25-16/h7-10,12H,5-6,11H2,1-4H3. The largest absolute Gasteiger partial charge is 0.494 e. The zero-order valence-corrected chi connectivity index (χ0v) is 15.9. The third kappa shape index (κ3) is 3.90. The van der Waals surface area contributed by atoms with E-state index < -0.39 is 0 Å². The third-order valence-electron chi connectivity index (χ3n) is 3.93. The molecule has 6 heteroatoms. The second-order valence-electron chi connectivity index (χ2n) is 7.17. The highest BCUT2D eigenvalue weighted by Crippen LogP contribution is 2.27. The number of aromatic nitrogens is 3. The lowest BCUT2D eigenvalue weighted by Crippen LogP contribution is -2.15. The fraction of sp³-hybridized carbons (Fsp3) is 0.421. The fourth-order valence-corrected chi connectivity index (χ4v) is 3.55. The number of rotatable bonds is 6. The van der Waals surface area contributed by atoms with Crippen molar-refractivity contribution in [1.82, 2.24) is 14.6 Å². The quantitative estimate of drug-likeness (QED) is 0.489. The van der Waals surface area contributed by atoms with E-state index in [1.54, 1.807) is 4.52 Å². The van der Waals surface area contributed by atoms with Gasteiger partial charge in [-0.25, -0.2) is 4.98 Å². The van der Waals surface area contributed by atoms with Crippen molar-refractivity contribution >= 4 is 22.6 Å². The second kappa shape index (κ2) is 6.96. The van der Waals surface area contributed by atoms with Gasteiger partial charge < -0.3 is 4.74 Å². The van der Waals surface area contributed by atoms with Crippen LogP contribution in [0.2, 0.25) is 0 Å². The Morgan fingerprint density at radius 2 is 1.96 bits per heavy atom. The molecule has 0 unspecified atom stereocenters. The Balaban J connectivity index is 1.63. The lowest BCUT2D eigenvalue weighted by atomic mass is 9.91. The van der Waals surface area contributed by atoms with Crippen molar-refractivity contribution in [2.45, 2.75) is 46.0 Å². The summed E-state index contributed by atoms with van der Waals surface area (Å²) >= 11 is 1.54. The number of carbonyl (C=O) groups excluding carboxylic acids is 1. The molecule has 0 aliphatic rings. The van der Waals surface area contributed by atoms with Crippen molar-refractivity contribution in [3.63, 3.8) is 0 Å². The van der Waals surface area contributed by atoms with Crippen LogP contribution >= 0.6 is 11.3 Å². The number of ether oxygens (including phenoxy) is 1. The van der Waals surface area contributed by atoms with Crippen molar-refractivity contribution < 1.29 is 9.53 Å². The maximum Gasteiger partial charge on any atom is 0.213 e. The van der Waals surface area contributed by atoms with Crippen molar-refractivity contribution in [1.29, 1.82) is 0 Å². The van der Waals surface area contributed by atoms with Crippen LogP contribution in [0.5, 0.6) is 5.75 Å². The van der Waals surface area contributed by atoms with E-state index in [0.29, 0.717) is 12.3 Å². The van der Waals surface area contributed by atoms with Crippen LogP contribution in [0.4, 0.5) is 0 Å². The maximum absolute atomic E-state index is 11.5. The van der Waals surface area contributed by atoms with Gasteiger partial charge in [-0.3, -0.25) is 4.79 Å². The molecule has 0 N–H and O–H groups in total. The Labute approximate surface area is 151 Å². The van der Waals surface area contributed by atoms with Gasteiger partial charge >= 0.3 is 0 Å². The first-order chi connectivity index (χ1) is 11.9. The van der Waals surface area contributed by atoms with Gasteiger partial charge in [0, 0.05) is 11.8 Å². The van der Waals surface area contributed by atoms with Crippen LogP contribution in [0.1, 0.15) is 53.9 Å². The van der Waals surface area contributed by atoms with E-state index in [4.69, 9.17) is 4.74 Å². The lowest BCUT2D eigenvalue weighted by molar-refractivity contribution is 0.111. The topological polar surface area (TPSA) is 56.5 Å². The molecule has 2 aromatic heterocycles. The molecule has 1 aromatic carbocycles. The molecule has 0 fully saturated rings. The predicted octanol–water partition coefficient (Wildman–Crippen LogP) is 4.22. The summed E-state index contributed by atoms with van der Waals surface area (Å²) in [6.07, 6.45) is 2.53. The summed E-state index contributed by atoms with van der Waals surface area (Å²) in [5, 5.41) is 5.53. The maximum atomic E-state index is 11.5. The van der Waals surface area contributed by atoms with Gasteiger partial charge in [-0.1, -0.05) is 49.8 Å². The number of fused-ring (bicyclic) bond motifs is 1. The minimum Gasteiger partial charge on any atom is -0.494 e. The molecule has 0 saturated heterocycles. The summed E-state index contributed by atoms with van der Waals surface area (Å²) in [6, 6.07) is 8.05. The molecule has 0 spiro atoms. The fourth-order valence-electron chi connectivity index (χ4n) is 2.61. The van der Waals surface area contributed by atoms with Gasteiger partial charge in [0.15, 0.2) is 6.29 Å². The highest BCUT2D eigenvalue weighted by Gasteiger charge is 2.25. The van der Waals surface area contributed by atoms with Gasteiger partial charge in [-0.05, 0) is 25.5 Å². The SMILES string of the molecule is Cc1ccc(OCCCc2nn3c(C=O)c(C(C)(C)C)nc3s2)cc1. The van der Waals surface area contributed by atoms with Gasteiger partial charge in [0.05, 0.1) is 12.3 Å². The second-order valence-corrected chi connectivity index (χ2v) is 8.21. The van der Waals surface area contributed by atoms with Gasteiger partial charge in [0.1, 0.15) is 16.5 Å². The first-order valence-electron chi connectivity index (χ1n) is 8.42. The molecule has 2 heterocycles. The van der Waals surface area contributed by atoms with E-state index >= 15 is 0 Å². The summed E-state index contributed by atoms with van der Waals surface area (Å²) < 4.78 is 7.42. The average molecular weight is 357 g/mol. The number of hydrogen-bond acceptors (Lipinski definition) is 5. The highest BCUT2D eigenvalue weighted by molar-refractivity contribution is 7.16. The van der Waals surface area contributed by atoms with Crippen molar-refractivity contribution in [2.24, 2.45) is 0 Å². The number of benzene rings is 1. The van der Waals surface area contributed by atoms with Crippen LogP contribution in [-0.4, -0.2) is 27.5 Å². The average Bonchev–Trinajstić information content (AvgIpc) is 3.10. The number of carbonyl (C=O) groups is 1. The van der Waals surface area contributed by atoms with Crippen LogP contribution in [0.3, 0.4) is 0 Å². The zero-order chi connectivity index (χ0) is 18.0. The van der Waals surface area contributed by atoms with Crippen LogP contribution in [0, 0.1) is 6.92 Å². The smallest absolute Gasteiger partial charge is 0.213 e. The highest BCUT2D eigenvalue weighted by atomic mass is 32.1. The zero-order valence-electron chi connectivity index (χ0n) is 15.1. The molecule has 3 rings (SSSR count). The summed E-state index contributed by atoms with van der Waals surface area (Å²) in [7, 11) is 0. The van der Waals surface area contributed by atoms with Gasteiger partial charge in [0.25, 0.3) is 0 Å². The van der Waals surface area contributed by atoms with Crippen LogP contribution < -0.4 is 4.74 Å². The van der Waals surface area contributed by atoms with Gasteiger partial charge in [-0.15, -0.1) is 0 Å². The molecule has 0 aliphatic heterocycles. The van der Waals surface area contributed by atoms with Crippen molar-refractivity contribution in [3.8, 4) is 5.75 Å². The lowest BCUT2D eigenvalue weighted by Gasteiger charge is -2.15. The van der Waals surface area contributed by atoms with E-state index in [1.807, 2.05) is 24.3 Å². The Kier molecular flexibility index (Phi) is 4.90. The minimum atomic E-state index is -0.175. The third-order valence-corrected chi connectivity index (χ3v) is 4.90. The predicted molar refractivity (Wildman–Crippen MR) is 99.9 cm³/mol. The summed E-state index contributed by atoms with van der Waals surface area (Å²) in [5.41, 5.74) is 2.40. The molecule has 25 heavy (non-hydrogen) atoms. The van der Waals surface area contributed by atoms with E-state index in [1.165, 1.54) is 16.9 Å². The minimum absolute atomic E-state index is 0.175. The Morgan fingerprint density at radius 1 is 1.24 bits per heavy atom. The Morgan fingerprint density at radius 3 is 2.60 bits per heavy atom. The van der Waals surface area contributed by atoms with E-state index in [-0.39, 0.29) is 5.41 Å². The summed E-state index contributed by atoms with van der Waals surface area (Å²) in [6.45, 7) is 8.85. The number of aryl methyl sites for hydroxylation is 2. The molecule has 0 bridgehead atoms. The van der Waals surface area contributed by atoms with Gasteiger partial charge in [-0.2, -0.15) is 9.61 Å². The number of aldehydes is 1. The summed E-state index contributed by atoms with van der Waals surface area (Å²) in [5.74, 6) is 0.887. The molecule has 0 aliphatic carbocycles. The Hall–Kier alpha value is -2.21. The molecule has 0 radical (unpaired) electrons. The first kappa shape index (κ1) is 17.6. The molecule has 0 amide bonds. The molecule has 5 nitrogen and oxygen atoms in total. The van der Waals surface area contributed by atoms with Crippen LogP contribution in [-0.2, 0) is 11.8 Å². The molecular weight excluding hydrogens is 334 g/mol. The van der Waals surface area contributed by atoms with E-state index in [0.717, 1.165) is 40.5 Å². The molecule has 3 aromatic rings. The molecule has 0 saturated carbocycles. The normalized spacial score (nSPS) is 11.8. The number of hydrogen-bond donors (Lipinski definition) is 0.